The van der Waals surface area contributed by atoms with Gasteiger partial charge in [-0.2, -0.15) is 0 Å². The summed E-state index contributed by atoms with van der Waals surface area (Å²) in [6.45, 7) is 1.12. The second-order valence-electron chi connectivity index (χ2n) is 4.61. The number of nitrogens with one attached hydrogen (secondary N) is 1. The lowest BCUT2D eigenvalue weighted by Crippen LogP contribution is -2.33. The molecule has 3 nitrogen and oxygen atoms in total. The molecule has 1 aliphatic rings. The van der Waals surface area contributed by atoms with Gasteiger partial charge in [-0.05, 0) is 44.9 Å². The van der Waals surface area contributed by atoms with Crippen molar-refractivity contribution >= 4 is 33.2 Å². The van der Waals surface area contributed by atoms with Gasteiger partial charge in [-0.15, -0.1) is 11.3 Å². The first-order chi connectivity index (χ1) is 9.75. The zero-order chi connectivity index (χ0) is 13.9. The Balaban J connectivity index is 1.71. The van der Waals surface area contributed by atoms with Crippen molar-refractivity contribution in [3.05, 3.63) is 56.2 Å². The number of fused-ring (bicyclic) bond motifs is 1. The highest BCUT2D eigenvalue weighted by Gasteiger charge is 2.26. The minimum absolute atomic E-state index is 0.0718. The summed E-state index contributed by atoms with van der Waals surface area (Å²) in [4.78, 5) is 13.4. The van der Waals surface area contributed by atoms with E-state index in [1.165, 1.54) is 5.56 Å². The minimum Gasteiger partial charge on any atom is -0.363 e. The molecule has 0 radical (unpaired) electrons. The second kappa shape index (κ2) is 6.08. The van der Waals surface area contributed by atoms with Gasteiger partial charge in [-0.1, -0.05) is 24.3 Å². The molecule has 1 aromatic carbocycles. The molecule has 0 saturated heterocycles. The summed E-state index contributed by atoms with van der Waals surface area (Å²) in [5.41, 5.74) is 2.19. The fourth-order valence-corrected chi connectivity index (χ4v) is 3.75. The van der Waals surface area contributed by atoms with Gasteiger partial charge >= 0.3 is 0 Å². The highest BCUT2D eigenvalue weighted by molar-refractivity contribution is 9.10. The SMILES string of the molecule is O=C(NCc1sccc1Br)C1OCCc2ccccc21. The Bertz CT molecular complexity index is 626. The van der Waals surface area contributed by atoms with Crippen LogP contribution in [0.15, 0.2) is 40.2 Å². The van der Waals surface area contributed by atoms with Gasteiger partial charge in [0.15, 0.2) is 6.10 Å². The maximum Gasteiger partial charge on any atom is 0.254 e. The number of ether oxygens (including phenoxy) is 1. The zero-order valence-electron chi connectivity index (χ0n) is 10.8. The third-order valence-electron chi connectivity index (χ3n) is 3.35. The van der Waals surface area contributed by atoms with Crippen molar-refractivity contribution in [3.63, 3.8) is 0 Å². The molecular formula is C15H14BrNO2S. The number of rotatable bonds is 3. The standard InChI is InChI=1S/C15H14BrNO2S/c16-12-6-8-20-13(12)9-17-15(18)14-11-4-2-1-3-10(11)5-7-19-14/h1-4,6,8,14H,5,7,9H2,(H,17,18). The molecule has 0 bridgehead atoms. The molecule has 1 amide bonds. The summed E-state index contributed by atoms with van der Waals surface area (Å²) in [7, 11) is 0. The average molecular weight is 352 g/mol. The monoisotopic (exact) mass is 351 g/mol. The van der Waals surface area contributed by atoms with E-state index in [1.807, 2.05) is 29.6 Å². The van der Waals surface area contributed by atoms with Gasteiger partial charge in [-0.25, -0.2) is 0 Å². The topological polar surface area (TPSA) is 38.3 Å². The molecule has 0 saturated carbocycles. The van der Waals surface area contributed by atoms with Crippen LogP contribution in [0.2, 0.25) is 0 Å². The molecule has 1 unspecified atom stereocenters. The van der Waals surface area contributed by atoms with Crippen molar-refractivity contribution in [1.82, 2.24) is 5.32 Å². The summed E-state index contributed by atoms with van der Waals surface area (Å²) in [6.07, 6.45) is 0.384. The van der Waals surface area contributed by atoms with Gasteiger partial charge in [0, 0.05) is 9.35 Å². The predicted molar refractivity (Wildman–Crippen MR) is 82.7 cm³/mol. The first-order valence-corrected chi connectivity index (χ1v) is 8.12. The Morgan fingerprint density at radius 2 is 2.25 bits per heavy atom. The van der Waals surface area contributed by atoms with E-state index in [2.05, 4.69) is 27.3 Å². The van der Waals surface area contributed by atoms with E-state index in [-0.39, 0.29) is 5.91 Å². The van der Waals surface area contributed by atoms with E-state index in [0.717, 1.165) is 21.3 Å². The Kier molecular flexibility index (Phi) is 4.19. The lowest BCUT2D eigenvalue weighted by atomic mass is 9.97. The first kappa shape index (κ1) is 13.8. The van der Waals surface area contributed by atoms with Crippen molar-refractivity contribution in [2.45, 2.75) is 19.1 Å². The molecule has 0 spiro atoms. The smallest absolute Gasteiger partial charge is 0.254 e. The number of halogens is 1. The molecule has 1 N–H and O–H groups in total. The van der Waals surface area contributed by atoms with Crippen molar-refractivity contribution < 1.29 is 9.53 Å². The molecule has 1 aliphatic heterocycles. The number of amides is 1. The molecule has 2 heterocycles. The van der Waals surface area contributed by atoms with Crippen LogP contribution in [-0.4, -0.2) is 12.5 Å². The number of hydrogen-bond donors (Lipinski definition) is 1. The third-order valence-corrected chi connectivity index (χ3v) is 5.27. The van der Waals surface area contributed by atoms with Crippen LogP contribution >= 0.6 is 27.3 Å². The van der Waals surface area contributed by atoms with Crippen LogP contribution in [0.3, 0.4) is 0 Å². The average Bonchev–Trinajstić information content (AvgIpc) is 2.89. The number of carbonyl (C=O) groups excluding carboxylic acids is 1. The third kappa shape index (κ3) is 2.80. The fraction of sp³-hybridized carbons (Fsp3) is 0.267. The minimum atomic E-state index is -0.487. The van der Waals surface area contributed by atoms with Crippen LogP contribution in [0, 0.1) is 0 Å². The number of benzene rings is 1. The first-order valence-electron chi connectivity index (χ1n) is 6.44. The molecular weight excluding hydrogens is 338 g/mol. The summed E-state index contributed by atoms with van der Waals surface area (Å²) >= 11 is 5.09. The summed E-state index contributed by atoms with van der Waals surface area (Å²) < 4.78 is 6.68. The van der Waals surface area contributed by atoms with Crippen LogP contribution in [0.1, 0.15) is 22.1 Å². The molecule has 3 rings (SSSR count). The fourth-order valence-electron chi connectivity index (χ4n) is 2.32. The van der Waals surface area contributed by atoms with Crippen molar-refractivity contribution in [2.24, 2.45) is 0 Å². The molecule has 5 heteroatoms. The van der Waals surface area contributed by atoms with Crippen molar-refractivity contribution in [1.29, 1.82) is 0 Å². The number of carbonyl (C=O) groups is 1. The van der Waals surface area contributed by atoms with Gasteiger partial charge in [0.25, 0.3) is 5.91 Å². The van der Waals surface area contributed by atoms with E-state index >= 15 is 0 Å². The normalized spacial score (nSPS) is 17.6. The molecule has 0 fully saturated rings. The van der Waals surface area contributed by atoms with Crippen LogP contribution in [0.25, 0.3) is 0 Å². The van der Waals surface area contributed by atoms with E-state index in [1.54, 1.807) is 11.3 Å². The largest absolute Gasteiger partial charge is 0.363 e. The number of hydrogen-bond acceptors (Lipinski definition) is 3. The molecule has 20 heavy (non-hydrogen) atoms. The lowest BCUT2D eigenvalue weighted by molar-refractivity contribution is -0.134. The van der Waals surface area contributed by atoms with Crippen molar-refractivity contribution in [2.75, 3.05) is 6.61 Å². The predicted octanol–water partition coefficient (Wildman–Crippen LogP) is 3.44. The van der Waals surface area contributed by atoms with Crippen molar-refractivity contribution in [3.8, 4) is 0 Å². The molecule has 2 aromatic rings. The Labute approximate surface area is 130 Å². The maximum absolute atomic E-state index is 12.3. The molecule has 1 aromatic heterocycles. The summed E-state index contributed by atoms with van der Waals surface area (Å²) in [5.74, 6) is -0.0718. The van der Waals surface area contributed by atoms with E-state index in [9.17, 15) is 4.79 Å². The van der Waals surface area contributed by atoms with Gasteiger partial charge in [0.2, 0.25) is 0 Å². The molecule has 104 valence electrons. The van der Waals surface area contributed by atoms with Crippen LogP contribution in [0.5, 0.6) is 0 Å². The van der Waals surface area contributed by atoms with E-state index < -0.39 is 6.10 Å². The van der Waals surface area contributed by atoms with Gasteiger partial charge < -0.3 is 10.1 Å². The van der Waals surface area contributed by atoms with Crippen LogP contribution in [0.4, 0.5) is 0 Å². The van der Waals surface area contributed by atoms with Crippen LogP contribution < -0.4 is 5.32 Å². The highest BCUT2D eigenvalue weighted by Crippen LogP contribution is 2.27. The van der Waals surface area contributed by atoms with Crippen LogP contribution in [-0.2, 0) is 22.5 Å². The second-order valence-corrected chi connectivity index (χ2v) is 6.46. The maximum atomic E-state index is 12.3. The Morgan fingerprint density at radius 3 is 3.05 bits per heavy atom. The Morgan fingerprint density at radius 1 is 1.40 bits per heavy atom. The van der Waals surface area contributed by atoms with Gasteiger partial charge in [0.1, 0.15) is 0 Å². The Hall–Kier alpha value is -1.17. The number of thiophene rings is 1. The van der Waals surface area contributed by atoms with E-state index in [4.69, 9.17) is 4.74 Å². The van der Waals surface area contributed by atoms with Gasteiger partial charge in [-0.3, -0.25) is 4.79 Å². The quantitative estimate of drug-likeness (QED) is 0.919. The summed E-state index contributed by atoms with van der Waals surface area (Å²) in [5, 5.41) is 4.95. The molecule has 1 atom stereocenters. The lowest BCUT2D eigenvalue weighted by Gasteiger charge is -2.25. The summed E-state index contributed by atoms with van der Waals surface area (Å²) in [6, 6.07) is 9.97. The van der Waals surface area contributed by atoms with E-state index in [0.29, 0.717) is 13.2 Å². The zero-order valence-corrected chi connectivity index (χ0v) is 13.2. The molecule has 0 aliphatic carbocycles. The highest BCUT2D eigenvalue weighted by atomic mass is 79.9. The van der Waals surface area contributed by atoms with Gasteiger partial charge in [0.05, 0.1) is 13.2 Å².